The minimum atomic E-state index is 0.0757. The van der Waals surface area contributed by atoms with Gasteiger partial charge in [-0.05, 0) is 44.9 Å². The molecule has 0 aromatic carbocycles. The van der Waals surface area contributed by atoms with Gasteiger partial charge in [0.1, 0.15) is 0 Å². The molecule has 21 heavy (non-hydrogen) atoms. The standard InChI is InChI=1S/C17H32N2O2/c1-3-16(4-2)19(12-13-20)14-17(21)18-11-10-15-8-6-5-7-9-15/h8,16,20H,3-7,9-14H2,1-2H3,(H,18,21). The van der Waals surface area contributed by atoms with Crippen molar-refractivity contribution in [2.75, 3.05) is 26.2 Å². The molecule has 0 radical (unpaired) electrons. The lowest BCUT2D eigenvalue weighted by Crippen LogP contribution is -2.44. The first-order valence-corrected chi connectivity index (χ1v) is 8.50. The van der Waals surface area contributed by atoms with Crippen molar-refractivity contribution >= 4 is 5.91 Å². The molecule has 1 rings (SSSR count). The molecule has 1 aliphatic carbocycles. The maximum absolute atomic E-state index is 12.1. The van der Waals surface area contributed by atoms with E-state index in [1.165, 1.54) is 31.3 Å². The molecule has 4 nitrogen and oxygen atoms in total. The van der Waals surface area contributed by atoms with Crippen LogP contribution in [0.1, 0.15) is 58.8 Å². The molecule has 0 unspecified atom stereocenters. The van der Waals surface area contributed by atoms with Gasteiger partial charge in [0.15, 0.2) is 0 Å². The average molecular weight is 296 g/mol. The Balaban J connectivity index is 2.30. The number of carbonyl (C=O) groups excluding carboxylic acids is 1. The fourth-order valence-electron chi connectivity index (χ4n) is 3.06. The third-order valence-electron chi connectivity index (χ3n) is 4.35. The summed E-state index contributed by atoms with van der Waals surface area (Å²) in [6, 6.07) is 0.379. The van der Waals surface area contributed by atoms with Crippen LogP contribution in [0.4, 0.5) is 0 Å². The number of hydrogen-bond donors (Lipinski definition) is 2. The Morgan fingerprint density at radius 1 is 1.38 bits per heavy atom. The van der Waals surface area contributed by atoms with Gasteiger partial charge in [-0.25, -0.2) is 0 Å². The third kappa shape index (κ3) is 7.09. The molecule has 0 aromatic heterocycles. The number of aliphatic hydroxyl groups excluding tert-OH is 1. The van der Waals surface area contributed by atoms with Crippen LogP contribution < -0.4 is 5.32 Å². The van der Waals surface area contributed by atoms with Crippen LogP contribution in [0.5, 0.6) is 0 Å². The van der Waals surface area contributed by atoms with Crippen molar-refractivity contribution in [1.82, 2.24) is 10.2 Å². The lowest BCUT2D eigenvalue weighted by Gasteiger charge is -2.29. The highest BCUT2D eigenvalue weighted by Gasteiger charge is 2.17. The van der Waals surface area contributed by atoms with Crippen LogP contribution in [0.15, 0.2) is 11.6 Å². The smallest absolute Gasteiger partial charge is 0.234 e. The monoisotopic (exact) mass is 296 g/mol. The molecule has 0 spiro atoms. The Bertz CT molecular complexity index is 325. The third-order valence-corrected chi connectivity index (χ3v) is 4.35. The molecule has 0 fully saturated rings. The largest absolute Gasteiger partial charge is 0.395 e. The second-order valence-corrected chi connectivity index (χ2v) is 5.87. The van der Waals surface area contributed by atoms with Gasteiger partial charge in [-0.3, -0.25) is 9.69 Å². The molecule has 0 bridgehead atoms. The van der Waals surface area contributed by atoms with E-state index in [-0.39, 0.29) is 12.5 Å². The van der Waals surface area contributed by atoms with E-state index < -0.39 is 0 Å². The van der Waals surface area contributed by atoms with E-state index in [9.17, 15) is 4.79 Å². The van der Waals surface area contributed by atoms with Crippen molar-refractivity contribution < 1.29 is 9.90 Å². The number of aliphatic hydroxyl groups is 1. The van der Waals surface area contributed by atoms with E-state index in [0.29, 0.717) is 19.1 Å². The SMILES string of the molecule is CCC(CC)N(CCO)CC(=O)NCCC1=CCCCC1. The summed E-state index contributed by atoms with van der Waals surface area (Å²) < 4.78 is 0. The lowest BCUT2D eigenvalue weighted by molar-refractivity contribution is -0.122. The molecule has 0 saturated heterocycles. The van der Waals surface area contributed by atoms with E-state index in [1.807, 2.05) is 0 Å². The van der Waals surface area contributed by atoms with E-state index in [0.717, 1.165) is 25.8 Å². The molecule has 0 atom stereocenters. The number of nitrogens with one attached hydrogen (secondary N) is 1. The van der Waals surface area contributed by atoms with Gasteiger partial charge in [0.2, 0.25) is 5.91 Å². The van der Waals surface area contributed by atoms with Gasteiger partial charge in [0.05, 0.1) is 13.2 Å². The topological polar surface area (TPSA) is 52.6 Å². The zero-order valence-electron chi connectivity index (χ0n) is 13.7. The van der Waals surface area contributed by atoms with Crippen molar-refractivity contribution in [3.8, 4) is 0 Å². The fourth-order valence-corrected chi connectivity index (χ4v) is 3.06. The van der Waals surface area contributed by atoms with Crippen molar-refractivity contribution in [2.45, 2.75) is 64.8 Å². The number of nitrogens with zero attached hydrogens (tertiary/aromatic N) is 1. The number of rotatable bonds is 10. The maximum Gasteiger partial charge on any atom is 0.234 e. The van der Waals surface area contributed by atoms with E-state index in [4.69, 9.17) is 5.11 Å². The summed E-state index contributed by atoms with van der Waals surface area (Å²) in [5, 5.41) is 12.2. The predicted octanol–water partition coefficient (Wildman–Crippen LogP) is 2.48. The van der Waals surface area contributed by atoms with Crippen molar-refractivity contribution in [3.63, 3.8) is 0 Å². The van der Waals surface area contributed by atoms with Crippen LogP contribution in [0.3, 0.4) is 0 Å². The lowest BCUT2D eigenvalue weighted by atomic mass is 9.97. The second kappa shape index (κ2) is 10.8. The van der Waals surface area contributed by atoms with Crippen molar-refractivity contribution in [3.05, 3.63) is 11.6 Å². The van der Waals surface area contributed by atoms with Crippen LogP contribution in [-0.2, 0) is 4.79 Å². The Morgan fingerprint density at radius 3 is 2.71 bits per heavy atom. The molecule has 0 aliphatic heterocycles. The molecular formula is C17H32N2O2. The number of amides is 1. The first-order chi connectivity index (χ1) is 10.2. The van der Waals surface area contributed by atoms with Gasteiger partial charge in [-0.2, -0.15) is 0 Å². The average Bonchev–Trinajstić information content (AvgIpc) is 2.49. The van der Waals surface area contributed by atoms with Crippen molar-refractivity contribution in [2.24, 2.45) is 0 Å². The van der Waals surface area contributed by atoms with Gasteiger partial charge in [0, 0.05) is 19.1 Å². The van der Waals surface area contributed by atoms with Crippen molar-refractivity contribution in [1.29, 1.82) is 0 Å². The van der Waals surface area contributed by atoms with Crippen LogP contribution in [0, 0.1) is 0 Å². The Morgan fingerprint density at radius 2 is 2.14 bits per heavy atom. The fraction of sp³-hybridized carbons (Fsp3) is 0.824. The van der Waals surface area contributed by atoms with Gasteiger partial charge in [0.25, 0.3) is 0 Å². The highest BCUT2D eigenvalue weighted by molar-refractivity contribution is 5.78. The Labute approximate surface area is 129 Å². The minimum Gasteiger partial charge on any atom is -0.395 e. The number of carbonyl (C=O) groups is 1. The molecular weight excluding hydrogens is 264 g/mol. The first kappa shape index (κ1) is 18.2. The number of hydrogen-bond acceptors (Lipinski definition) is 3. The summed E-state index contributed by atoms with van der Waals surface area (Å²) in [5.41, 5.74) is 1.49. The Hall–Kier alpha value is -0.870. The quantitative estimate of drug-likeness (QED) is 0.609. The summed E-state index contributed by atoms with van der Waals surface area (Å²) >= 11 is 0. The molecule has 0 aromatic rings. The van der Waals surface area contributed by atoms with E-state index >= 15 is 0 Å². The molecule has 0 heterocycles. The number of allylic oxidation sites excluding steroid dienone is 1. The predicted molar refractivity (Wildman–Crippen MR) is 87.2 cm³/mol. The van der Waals surface area contributed by atoms with Crippen LogP contribution in [0.2, 0.25) is 0 Å². The minimum absolute atomic E-state index is 0.0757. The Kier molecular flexibility index (Phi) is 9.35. The highest BCUT2D eigenvalue weighted by atomic mass is 16.3. The van der Waals surface area contributed by atoms with E-state index in [1.54, 1.807) is 0 Å². The van der Waals surface area contributed by atoms with Gasteiger partial charge >= 0.3 is 0 Å². The van der Waals surface area contributed by atoms with E-state index in [2.05, 4.69) is 30.1 Å². The molecule has 2 N–H and O–H groups in total. The maximum atomic E-state index is 12.1. The highest BCUT2D eigenvalue weighted by Crippen LogP contribution is 2.19. The summed E-state index contributed by atoms with van der Waals surface area (Å²) in [5.74, 6) is 0.0757. The van der Waals surface area contributed by atoms with Crippen LogP contribution >= 0.6 is 0 Å². The van der Waals surface area contributed by atoms with Gasteiger partial charge < -0.3 is 10.4 Å². The zero-order valence-corrected chi connectivity index (χ0v) is 13.7. The summed E-state index contributed by atoms with van der Waals surface area (Å²) in [7, 11) is 0. The van der Waals surface area contributed by atoms with Gasteiger partial charge in [-0.1, -0.05) is 25.5 Å². The summed E-state index contributed by atoms with van der Waals surface area (Å²) in [4.78, 5) is 14.1. The molecule has 1 aliphatic rings. The zero-order chi connectivity index (χ0) is 15.5. The molecule has 1 amide bonds. The molecule has 122 valence electrons. The van der Waals surface area contributed by atoms with Gasteiger partial charge in [-0.15, -0.1) is 0 Å². The summed E-state index contributed by atoms with van der Waals surface area (Å²) in [6.07, 6.45) is 10.3. The summed E-state index contributed by atoms with van der Waals surface area (Å²) in [6.45, 7) is 6.08. The van der Waals surface area contributed by atoms with Crippen LogP contribution in [-0.4, -0.2) is 48.2 Å². The molecule has 4 heteroatoms. The van der Waals surface area contributed by atoms with Crippen LogP contribution in [0.25, 0.3) is 0 Å². The second-order valence-electron chi connectivity index (χ2n) is 5.87. The first-order valence-electron chi connectivity index (χ1n) is 8.50. The molecule has 0 saturated carbocycles. The normalized spacial score (nSPS) is 15.4.